The first-order chi connectivity index (χ1) is 7.70. The normalized spacial score (nSPS) is 19.4. The lowest BCUT2D eigenvalue weighted by Gasteiger charge is -2.21. The summed E-state index contributed by atoms with van der Waals surface area (Å²) in [5, 5.41) is 0. The molecule has 2 atom stereocenters. The molecule has 1 aliphatic rings. The molecule has 3 heteroatoms. The third kappa shape index (κ3) is 3.17. The zero-order valence-corrected chi connectivity index (χ0v) is 11.5. The van der Waals surface area contributed by atoms with Gasteiger partial charge in [0.05, 0.1) is 12.2 Å². The Hall–Kier alpha value is -0.160. The number of benzene rings is 1. The van der Waals surface area contributed by atoms with E-state index in [-0.39, 0.29) is 11.9 Å². The van der Waals surface area contributed by atoms with Gasteiger partial charge < -0.3 is 4.74 Å². The average molecular weight is 334 g/mol. The standard InChI is InChI=1S/C13H16FIO/c1-9(10-2-3-10)16-13(8-15)11-4-6-12(14)7-5-11/h4-7,9-10,13H,2-3,8H2,1H3. The van der Waals surface area contributed by atoms with Crippen LogP contribution < -0.4 is 0 Å². The van der Waals surface area contributed by atoms with Crippen LogP contribution >= 0.6 is 22.6 Å². The average Bonchev–Trinajstić information content (AvgIpc) is 3.11. The Kier molecular flexibility index (Phi) is 4.19. The van der Waals surface area contributed by atoms with Gasteiger partial charge in [0.25, 0.3) is 0 Å². The van der Waals surface area contributed by atoms with Crippen molar-refractivity contribution in [2.45, 2.75) is 32.0 Å². The van der Waals surface area contributed by atoms with Gasteiger partial charge in [0.1, 0.15) is 5.82 Å². The number of rotatable bonds is 5. The van der Waals surface area contributed by atoms with Crippen molar-refractivity contribution in [3.63, 3.8) is 0 Å². The van der Waals surface area contributed by atoms with Crippen LogP contribution in [0.25, 0.3) is 0 Å². The summed E-state index contributed by atoms with van der Waals surface area (Å²) in [6.45, 7) is 2.14. The number of hydrogen-bond donors (Lipinski definition) is 0. The molecule has 88 valence electrons. The van der Waals surface area contributed by atoms with E-state index in [4.69, 9.17) is 4.74 Å². The molecule has 0 heterocycles. The molecule has 0 spiro atoms. The molecular weight excluding hydrogens is 318 g/mol. The highest BCUT2D eigenvalue weighted by atomic mass is 127. The maximum absolute atomic E-state index is 12.8. The Balaban J connectivity index is 2.00. The number of halogens is 2. The van der Waals surface area contributed by atoms with Crippen molar-refractivity contribution in [3.05, 3.63) is 35.6 Å². The summed E-state index contributed by atoms with van der Waals surface area (Å²) in [5.41, 5.74) is 1.07. The molecule has 0 bridgehead atoms. The van der Waals surface area contributed by atoms with Gasteiger partial charge in [0.2, 0.25) is 0 Å². The monoisotopic (exact) mass is 334 g/mol. The Morgan fingerprint density at radius 3 is 2.50 bits per heavy atom. The van der Waals surface area contributed by atoms with Crippen molar-refractivity contribution in [2.75, 3.05) is 4.43 Å². The minimum absolute atomic E-state index is 0.0943. The summed E-state index contributed by atoms with van der Waals surface area (Å²) in [6, 6.07) is 6.64. The van der Waals surface area contributed by atoms with Gasteiger partial charge in [0, 0.05) is 4.43 Å². The van der Waals surface area contributed by atoms with E-state index in [1.54, 1.807) is 0 Å². The van der Waals surface area contributed by atoms with Crippen molar-refractivity contribution in [1.29, 1.82) is 0 Å². The summed E-state index contributed by atoms with van der Waals surface area (Å²) in [6.07, 6.45) is 3.00. The van der Waals surface area contributed by atoms with Crippen LogP contribution in [0.1, 0.15) is 31.4 Å². The third-order valence-corrected chi connectivity index (χ3v) is 3.85. The highest BCUT2D eigenvalue weighted by molar-refractivity contribution is 14.1. The van der Waals surface area contributed by atoms with Crippen LogP contribution in [0.3, 0.4) is 0 Å². The fourth-order valence-corrected chi connectivity index (χ4v) is 2.53. The van der Waals surface area contributed by atoms with Gasteiger partial charge >= 0.3 is 0 Å². The predicted molar refractivity (Wildman–Crippen MR) is 71.3 cm³/mol. The molecule has 0 aromatic heterocycles. The van der Waals surface area contributed by atoms with Crippen LogP contribution in [0.5, 0.6) is 0 Å². The second kappa shape index (κ2) is 5.45. The molecule has 1 aromatic carbocycles. The molecule has 1 fully saturated rings. The maximum Gasteiger partial charge on any atom is 0.123 e. The molecule has 0 radical (unpaired) electrons. The highest BCUT2D eigenvalue weighted by Crippen LogP contribution is 2.36. The fraction of sp³-hybridized carbons (Fsp3) is 0.538. The molecule has 0 saturated heterocycles. The summed E-state index contributed by atoms with van der Waals surface area (Å²) in [5.74, 6) is 0.553. The van der Waals surface area contributed by atoms with Gasteiger partial charge in [-0.1, -0.05) is 34.7 Å². The molecule has 0 amide bonds. The minimum atomic E-state index is -0.189. The van der Waals surface area contributed by atoms with Gasteiger partial charge in [0.15, 0.2) is 0 Å². The molecule has 16 heavy (non-hydrogen) atoms. The largest absolute Gasteiger partial charge is 0.369 e. The molecule has 1 aromatic rings. The van der Waals surface area contributed by atoms with E-state index in [0.29, 0.717) is 6.10 Å². The Morgan fingerprint density at radius 1 is 1.38 bits per heavy atom. The lowest BCUT2D eigenvalue weighted by atomic mass is 10.1. The number of hydrogen-bond acceptors (Lipinski definition) is 1. The van der Waals surface area contributed by atoms with Gasteiger partial charge in [-0.05, 0) is 43.4 Å². The summed E-state index contributed by atoms with van der Waals surface area (Å²) in [7, 11) is 0. The molecule has 1 nitrogen and oxygen atoms in total. The smallest absolute Gasteiger partial charge is 0.123 e. The minimum Gasteiger partial charge on any atom is -0.369 e. The molecule has 2 rings (SSSR count). The van der Waals surface area contributed by atoms with Crippen molar-refractivity contribution in [3.8, 4) is 0 Å². The lowest BCUT2D eigenvalue weighted by molar-refractivity contribution is -0.000644. The van der Waals surface area contributed by atoms with E-state index >= 15 is 0 Å². The van der Waals surface area contributed by atoms with Crippen LogP contribution in [-0.2, 0) is 4.74 Å². The summed E-state index contributed by atoms with van der Waals surface area (Å²) < 4.78 is 19.7. The van der Waals surface area contributed by atoms with E-state index in [1.165, 1.54) is 25.0 Å². The number of alkyl halides is 1. The second-order valence-electron chi connectivity index (χ2n) is 4.37. The lowest BCUT2D eigenvalue weighted by Crippen LogP contribution is -2.16. The van der Waals surface area contributed by atoms with Crippen LogP contribution in [0.15, 0.2) is 24.3 Å². The van der Waals surface area contributed by atoms with E-state index in [9.17, 15) is 4.39 Å². The Bertz CT molecular complexity index is 334. The van der Waals surface area contributed by atoms with Crippen molar-refractivity contribution in [2.24, 2.45) is 5.92 Å². The maximum atomic E-state index is 12.8. The van der Waals surface area contributed by atoms with Crippen LogP contribution in [-0.4, -0.2) is 10.5 Å². The van der Waals surface area contributed by atoms with Crippen LogP contribution in [0.4, 0.5) is 4.39 Å². The van der Waals surface area contributed by atoms with Gasteiger partial charge in [-0.3, -0.25) is 0 Å². The van der Waals surface area contributed by atoms with Crippen LogP contribution in [0, 0.1) is 11.7 Å². The Labute approximate surface area is 110 Å². The van der Waals surface area contributed by atoms with E-state index in [1.807, 2.05) is 12.1 Å². The third-order valence-electron chi connectivity index (χ3n) is 3.05. The molecule has 1 saturated carbocycles. The summed E-state index contributed by atoms with van der Waals surface area (Å²) in [4.78, 5) is 0. The topological polar surface area (TPSA) is 9.23 Å². The van der Waals surface area contributed by atoms with Crippen molar-refractivity contribution in [1.82, 2.24) is 0 Å². The van der Waals surface area contributed by atoms with Gasteiger partial charge in [-0.15, -0.1) is 0 Å². The van der Waals surface area contributed by atoms with Crippen LogP contribution in [0.2, 0.25) is 0 Å². The van der Waals surface area contributed by atoms with Gasteiger partial charge in [-0.25, -0.2) is 4.39 Å². The quantitative estimate of drug-likeness (QED) is 0.581. The molecule has 1 aliphatic carbocycles. The number of ether oxygens (including phenoxy) is 1. The molecule has 0 N–H and O–H groups in total. The van der Waals surface area contributed by atoms with E-state index in [2.05, 4.69) is 29.5 Å². The first kappa shape index (κ1) is 12.3. The molecular formula is C13H16FIO. The fourth-order valence-electron chi connectivity index (χ4n) is 1.82. The van der Waals surface area contributed by atoms with Gasteiger partial charge in [-0.2, -0.15) is 0 Å². The Morgan fingerprint density at radius 2 is 2.00 bits per heavy atom. The molecule has 2 unspecified atom stereocenters. The first-order valence-electron chi connectivity index (χ1n) is 5.67. The zero-order valence-electron chi connectivity index (χ0n) is 9.33. The molecule has 0 aliphatic heterocycles. The predicted octanol–water partition coefficient (Wildman–Crippen LogP) is 4.12. The summed E-state index contributed by atoms with van der Waals surface area (Å²) >= 11 is 2.32. The first-order valence-corrected chi connectivity index (χ1v) is 7.20. The van der Waals surface area contributed by atoms with E-state index in [0.717, 1.165) is 15.9 Å². The SMILES string of the molecule is CC(OC(CI)c1ccc(F)cc1)C1CC1. The highest BCUT2D eigenvalue weighted by Gasteiger charge is 2.30. The zero-order chi connectivity index (χ0) is 11.5. The van der Waals surface area contributed by atoms with E-state index < -0.39 is 0 Å². The second-order valence-corrected chi connectivity index (χ2v) is 5.25. The van der Waals surface area contributed by atoms with Crippen molar-refractivity contribution < 1.29 is 9.13 Å². The van der Waals surface area contributed by atoms with Crippen molar-refractivity contribution >= 4 is 22.6 Å².